The van der Waals surface area contributed by atoms with Gasteiger partial charge in [-0.15, -0.1) is 0 Å². The van der Waals surface area contributed by atoms with E-state index >= 15 is 0 Å². The van der Waals surface area contributed by atoms with Crippen LogP contribution in [0.5, 0.6) is 0 Å². The number of carbonyl (C=O) groups excluding carboxylic acids is 1. The molecule has 26 heavy (non-hydrogen) atoms. The van der Waals surface area contributed by atoms with Crippen LogP contribution in [-0.2, 0) is 0 Å². The first-order valence-electron chi connectivity index (χ1n) is 6.77. The molecule has 1 aromatic carbocycles. The fourth-order valence-electron chi connectivity index (χ4n) is 1.71. The summed E-state index contributed by atoms with van der Waals surface area (Å²) in [5.74, 6) is -6.88. The quantitative estimate of drug-likeness (QED) is 0.555. The minimum atomic E-state index is -6.41. The highest BCUT2D eigenvalue weighted by Crippen LogP contribution is 2.53. The second kappa shape index (κ2) is 7.14. The number of nitrogens with zero attached hydrogens (tertiary/aromatic N) is 1. The molecule has 11 heteroatoms. The fraction of sp³-hybridized carbons (Fsp3) is 0.200. The molecule has 0 aliphatic carbocycles. The van der Waals surface area contributed by atoms with Crippen LogP contribution in [0.2, 0.25) is 0 Å². The van der Waals surface area contributed by atoms with Crippen LogP contribution in [0.4, 0.5) is 36.4 Å². The number of aromatic nitrogens is 1. The smallest absolute Gasteiger partial charge is 0.322 e. The standard InChI is InChI=1S/C15H9F7N2OS/c16-13(17,14(18,19)20)15(21,22)26-11-5-1-4-10(7-11)24-12(25)9-3-2-6-23-8-9/h1-8H,(H,24,25). The van der Waals surface area contributed by atoms with Crippen LogP contribution >= 0.6 is 11.8 Å². The van der Waals surface area contributed by atoms with Crippen molar-refractivity contribution < 1.29 is 35.5 Å². The van der Waals surface area contributed by atoms with Crippen molar-refractivity contribution in [2.75, 3.05) is 5.32 Å². The number of hydrogen-bond acceptors (Lipinski definition) is 3. The highest BCUT2D eigenvalue weighted by atomic mass is 32.2. The van der Waals surface area contributed by atoms with Crippen LogP contribution in [0.1, 0.15) is 10.4 Å². The molecule has 3 nitrogen and oxygen atoms in total. The molecule has 0 unspecified atom stereocenters. The summed E-state index contributed by atoms with van der Waals surface area (Å²) >= 11 is -0.950. The number of nitrogens with one attached hydrogen (secondary N) is 1. The molecule has 2 rings (SSSR count). The molecule has 1 N–H and O–H groups in total. The summed E-state index contributed by atoms with van der Waals surface area (Å²) in [6.45, 7) is 0. The number of anilines is 1. The second-order valence-electron chi connectivity index (χ2n) is 4.91. The number of benzene rings is 1. The van der Waals surface area contributed by atoms with Crippen molar-refractivity contribution in [3.63, 3.8) is 0 Å². The van der Waals surface area contributed by atoms with E-state index < -0.39 is 39.9 Å². The van der Waals surface area contributed by atoms with Gasteiger partial charge in [-0.25, -0.2) is 0 Å². The lowest BCUT2D eigenvalue weighted by molar-refractivity contribution is -0.330. The van der Waals surface area contributed by atoms with Crippen molar-refractivity contribution in [1.29, 1.82) is 0 Å². The van der Waals surface area contributed by atoms with Gasteiger partial charge in [0, 0.05) is 23.0 Å². The van der Waals surface area contributed by atoms with Gasteiger partial charge in [0.1, 0.15) is 0 Å². The van der Waals surface area contributed by atoms with Gasteiger partial charge in [0.25, 0.3) is 5.91 Å². The van der Waals surface area contributed by atoms with Gasteiger partial charge in [-0.1, -0.05) is 6.07 Å². The Morgan fingerprint density at radius 3 is 2.27 bits per heavy atom. The van der Waals surface area contributed by atoms with Crippen LogP contribution in [0.3, 0.4) is 0 Å². The Bertz CT molecular complexity index is 781. The number of thioether (sulfide) groups is 1. The van der Waals surface area contributed by atoms with E-state index in [1.807, 2.05) is 0 Å². The third kappa shape index (κ3) is 4.26. The van der Waals surface area contributed by atoms with Gasteiger partial charge < -0.3 is 5.32 Å². The van der Waals surface area contributed by atoms with Crippen LogP contribution < -0.4 is 5.32 Å². The number of rotatable bonds is 5. The van der Waals surface area contributed by atoms with Gasteiger partial charge in [-0.3, -0.25) is 9.78 Å². The summed E-state index contributed by atoms with van der Waals surface area (Å²) in [6.07, 6.45) is -3.77. The monoisotopic (exact) mass is 398 g/mol. The van der Waals surface area contributed by atoms with E-state index in [1.165, 1.54) is 30.6 Å². The molecule has 0 aliphatic heterocycles. The Hall–Kier alpha value is -2.30. The molecule has 0 fully saturated rings. The average Bonchev–Trinajstić information content (AvgIpc) is 2.54. The number of alkyl halides is 7. The lowest BCUT2D eigenvalue weighted by atomic mass is 10.2. The molecule has 0 aliphatic rings. The molecule has 0 spiro atoms. The van der Waals surface area contributed by atoms with E-state index in [9.17, 15) is 35.5 Å². The topological polar surface area (TPSA) is 42.0 Å². The molecule has 0 atom stereocenters. The van der Waals surface area contributed by atoms with E-state index in [0.717, 1.165) is 18.2 Å². The zero-order valence-electron chi connectivity index (χ0n) is 12.5. The van der Waals surface area contributed by atoms with Crippen LogP contribution in [-0.4, -0.2) is 28.2 Å². The summed E-state index contributed by atoms with van der Waals surface area (Å²) in [6, 6.07) is 7.06. The number of halogens is 7. The third-order valence-electron chi connectivity index (χ3n) is 2.98. The van der Waals surface area contributed by atoms with E-state index in [-0.39, 0.29) is 11.3 Å². The number of amides is 1. The van der Waals surface area contributed by atoms with Gasteiger partial charge in [0.05, 0.1) is 5.56 Å². The van der Waals surface area contributed by atoms with Gasteiger partial charge >= 0.3 is 17.4 Å². The minimum absolute atomic E-state index is 0.0602. The maximum atomic E-state index is 13.4. The molecule has 1 heterocycles. The maximum absolute atomic E-state index is 13.4. The zero-order chi connectivity index (χ0) is 19.6. The van der Waals surface area contributed by atoms with Crippen LogP contribution in [0.15, 0.2) is 53.7 Å². The summed E-state index contributed by atoms with van der Waals surface area (Å²) in [5, 5.41) is -3.13. The third-order valence-corrected chi connectivity index (χ3v) is 3.99. The Balaban J connectivity index is 2.18. The first-order chi connectivity index (χ1) is 11.9. The van der Waals surface area contributed by atoms with E-state index in [2.05, 4.69) is 10.3 Å². The van der Waals surface area contributed by atoms with E-state index in [1.54, 1.807) is 0 Å². The molecule has 0 radical (unpaired) electrons. The minimum Gasteiger partial charge on any atom is -0.322 e. The Morgan fingerprint density at radius 2 is 1.69 bits per heavy atom. The first kappa shape index (κ1) is 20.0. The van der Waals surface area contributed by atoms with Crippen molar-refractivity contribution in [3.8, 4) is 0 Å². The number of hydrogen-bond donors (Lipinski definition) is 1. The molecule has 0 bridgehead atoms. The van der Waals surface area contributed by atoms with Crippen molar-refractivity contribution >= 4 is 23.4 Å². The Kier molecular flexibility index (Phi) is 5.49. The first-order valence-corrected chi connectivity index (χ1v) is 7.58. The fourth-order valence-corrected chi connectivity index (χ4v) is 2.59. The normalized spacial score (nSPS) is 12.7. The lowest BCUT2D eigenvalue weighted by Gasteiger charge is -2.27. The summed E-state index contributed by atoms with van der Waals surface area (Å²) < 4.78 is 89.3. The van der Waals surface area contributed by atoms with Crippen molar-refractivity contribution in [2.45, 2.75) is 22.2 Å². The summed E-state index contributed by atoms with van der Waals surface area (Å²) in [7, 11) is 0. The summed E-state index contributed by atoms with van der Waals surface area (Å²) in [4.78, 5) is 15.1. The molecular weight excluding hydrogens is 389 g/mol. The van der Waals surface area contributed by atoms with Crippen molar-refractivity contribution in [2.24, 2.45) is 0 Å². The molecule has 1 amide bonds. The predicted octanol–water partition coefficient (Wildman–Crippen LogP) is 5.22. The van der Waals surface area contributed by atoms with E-state index in [0.29, 0.717) is 0 Å². The van der Waals surface area contributed by atoms with Crippen molar-refractivity contribution in [3.05, 3.63) is 54.4 Å². The van der Waals surface area contributed by atoms with Crippen molar-refractivity contribution in [1.82, 2.24) is 4.98 Å². The largest absolute Gasteiger partial charge is 0.460 e. The maximum Gasteiger partial charge on any atom is 0.460 e. The molecule has 0 saturated carbocycles. The highest BCUT2D eigenvalue weighted by molar-refractivity contribution is 8.00. The number of carbonyl (C=O) groups is 1. The summed E-state index contributed by atoms with van der Waals surface area (Å²) in [5.41, 5.74) is 0.0782. The van der Waals surface area contributed by atoms with Gasteiger partial charge in [-0.05, 0) is 42.1 Å². The molecule has 2 aromatic rings. The molecule has 0 saturated heterocycles. The molecule has 1 aromatic heterocycles. The number of pyridine rings is 1. The highest BCUT2D eigenvalue weighted by Gasteiger charge is 2.73. The van der Waals surface area contributed by atoms with Gasteiger partial charge in [-0.2, -0.15) is 30.7 Å². The Labute approximate surface area is 146 Å². The molecule has 140 valence electrons. The average molecular weight is 398 g/mol. The SMILES string of the molecule is O=C(Nc1cccc(SC(F)(F)C(F)(F)C(F)(F)F)c1)c1cccnc1. The van der Waals surface area contributed by atoms with Gasteiger partial charge in [0.15, 0.2) is 0 Å². The Morgan fingerprint density at radius 1 is 1.00 bits per heavy atom. The predicted molar refractivity (Wildman–Crippen MR) is 80.4 cm³/mol. The molecular formula is C15H9F7N2OS. The second-order valence-corrected chi connectivity index (χ2v) is 6.10. The van der Waals surface area contributed by atoms with E-state index in [4.69, 9.17) is 0 Å². The lowest BCUT2D eigenvalue weighted by Crippen LogP contribution is -2.49. The van der Waals surface area contributed by atoms with Gasteiger partial charge in [0.2, 0.25) is 0 Å². The van der Waals surface area contributed by atoms with Crippen LogP contribution in [0.25, 0.3) is 0 Å². The zero-order valence-corrected chi connectivity index (χ0v) is 13.3. The van der Waals surface area contributed by atoms with Crippen LogP contribution in [0, 0.1) is 0 Å².